The van der Waals surface area contributed by atoms with Crippen LogP contribution in [0.1, 0.15) is 33.1 Å². The molecule has 3 aromatic carbocycles. The molecule has 1 heterocycles. The molecule has 0 aromatic heterocycles. The molecule has 29 heavy (non-hydrogen) atoms. The monoisotopic (exact) mass is 424 g/mol. The number of aryl methyl sites for hydroxylation is 1. The van der Waals surface area contributed by atoms with E-state index in [0.29, 0.717) is 16.3 Å². The van der Waals surface area contributed by atoms with Crippen molar-refractivity contribution in [1.29, 1.82) is 0 Å². The first-order valence-electron chi connectivity index (χ1n) is 9.15. The molecule has 0 saturated heterocycles. The molecular weight excluding hydrogens is 407 g/mol. The Labute approximate surface area is 179 Å². The molecule has 0 saturated carbocycles. The second-order valence-corrected chi connectivity index (χ2v) is 7.85. The number of carbonyl (C=O) groups is 2. The molecule has 0 spiro atoms. The fourth-order valence-electron chi connectivity index (χ4n) is 3.63. The van der Waals surface area contributed by atoms with E-state index >= 15 is 0 Å². The van der Waals surface area contributed by atoms with Gasteiger partial charge in [0.05, 0.1) is 16.6 Å². The summed E-state index contributed by atoms with van der Waals surface area (Å²) in [5.74, 6) is -0.586. The Morgan fingerprint density at radius 1 is 1.03 bits per heavy atom. The lowest BCUT2D eigenvalue weighted by Gasteiger charge is -2.31. The molecule has 0 radical (unpaired) electrons. The number of hydrogen-bond donors (Lipinski definition) is 1. The molecule has 0 unspecified atom stereocenters. The largest absolute Gasteiger partial charge is 0.324 e. The van der Waals surface area contributed by atoms with Gasteiger partial charge in [-0.05, 0) is 36.8 Å². The maximum absolute atomic E-state index is 13.5. The van der Waals surface area contributed by atoms with E-state index in [0.717, 1.165) is 16.7 Å². The van der Waals surface area contributed by atoms with E-state index in [4.69, 9.17) is 23.2 Å². The minimum atomic E-state index is -0.440. The van der Waals surface area contributed by atoms with Crippen LogP contribution in [0.3, 0.4) is 0 Å². The fraction of sp³-hybridized carbons (Fsp3) is 0.130. The minimum absolute atomic E-state index is 0.0922. The third-order valence-corrected chi connectivity index (χ3v) is 5.49. The summed E-state index contributed by atoms with van der Waals surface area (Å²) in [6.07, 6.45) is 0. The molecule has 3 aromatic rings. The summed E-state index contributed by atoms with van der Waals surface area (Å²) < 4.78 is 0. The Kier molecular flexibility index (Phi) is 5.31. The molecule has 0 bridgehead atoms. The molecule has 146 valence electrons. The number of nitrogens with zero attached hydrogens (tertiary/aromatic N) is 1. The number of nitrogens with one attached hydrogen (secondary N) is 1. The van der Waals surface area contributed by atoms with Crippen LogP contribution >= 0.6 is 23.2 Å². The Balaban J connectivity index is 1.90. The van der Waals surface area contributed by atoms with Crippen molar-refractivity contribution < 1.29 is 9.59 Å². The zero-order valence-corrected chi connectivity index (χ0v) is 17.2. The van der Waals surface area contributed by atoms with Gasteiger partial charge in [-0.3, -0.25) is 9.59 Å². The van der Waals surface area contributed by atoms with Gasteiger partial charge in [0.25, 0.3) is 5.91 Å². The highest BCUT2D eigenvalue weighted by Crippen LogP contribution is 2.37. The van der Waals surface area contributed by atoms with Gasteiger partial charge in [-0.15, -0.1) is 0 Å². The van der Waals surface area contributed by atoms with Crippen LogP contribution in [0.25, 0.3) is 0 Å². The molecule has 0 aliphatic carbocycles. The number of benzene rings is 3. The standard InChI is InChI=1S/C23H18Cl2N2O2/c1-14-7-10-20-18(11-14)22(15-5-3-2-4-6-15)27(13-21(28)26-20)23(29)17-9-8-16(24)12-19(17)25/h2-12,22H,13H2,1H3,(H,26,28)/t22-/m0/s1. The first-order valence-corrected chi connectivity index (χ1v) is 9.91. The van der Waals surface area contributed by atoms with E-state index in [1.807, 2.05) is 55.5 Å². The first kappa shape index (κ1) is 19.5. The highest BCUT2D eigenvalue weighted by molar-refractivity contribution is 6.36. The third-order valence-electron chi connectivity index (χ3n) is 4.94. The molecule has 1 aliphatic heterocycles. The molecular formula is C23H18Cl2N2O2. The van der Waals surface area contributed by atoms with Gasteiger partial charge in [0.2, 0.25) is 5.91 Å². The lowest BCUT2D eigenvalue weighted by Crippen LogP contribution is -2.39. The first-order chi connectivity index (χ1) is 13.9. The summed E-state index contributed by atoms with van der Waals surface area (Å²) >= 11 is 12.3. The molecule has 2 amide bonds. The lowest BCUT2D eigenvalue weighted by molar-refractivity contribution is -0.117. The highest BCUT2D eigenvalue weighted by atomic mass is 35.5. The zero-order valence-electron chi connectivity index (χ0n) is 15.7. The molecule has 4 nitrogen and oxygen atoms in total. The van der Waals surface area contributed by atoms with Crippen molar-refractivity contribution in [3.8, 4) is 0 Å². The van der Waals surface area contributed by atoms with Gasteiger partial charge in [-0.2, -0.15) is 0 Å². The average Bonchev–Trinajstić information content (AvgIpc) is 2.84. The zero-order chi connectivity index (χ0) is 20.5. The highest BCUT2D eigenvalue weighted by Gasteiger charge is 2.34. The van der Waals surface area contributed by atoms with Gasteiger partial charge >= 0.3 is 0 Å². The summed E-state index contributed by atoms with van der Waals surface area (Å²) in [6, 6.07) is 19.8. The van der Waals surface area contributed by atoms with Gasteiger partial charge in [0, 0.05) is 16.3 Å². The van der Waals surface area contributed by atoms with Crippen LogP contribution in [0.4, 0.5) is 5.69 Å². The summed E-state index contributed by atoms with van der Waals surface area (Å²) in [5, 5.41) is 3.62. The van der Waals surface area contributed by atoms with E-state index in [2.05, 4.69) is 5.32 Å². The van der Waals surface area contributed by atoms with Gasteiger partial charge < -0.3 is 10.2 Å². The number of rotatable bonds is 2. The molecule has 4 rings (SSSR count). The summed E-state index contributed by atoms with van der Waals surface area (Å²) in [7, 11) is 0. The Bertz CT molecular complexity index is 1100. The number of halogens is 2. The van der Waals surface area contributed by atoms with Gasteiger partial charge in [0.1, 0.15) is 6.54 Å². The number of carbonyl (C=O) groups excluding carboxylic acids is 2. The van der Waals surface area contributed by atoms with Crippen LogP contribution in [0.15, 0.2) is 66.7 Å². The Morgan fingerprint density at radius 2 is 1.79 bits per heavy atom. The molecule has 1 atom stereocenters. The van der Waals surface area contributed by atoms with Crippen LogP contribution in [0, 0.1) is 6.92 Å². The number of anilines is 1. The number of amides is 2. The minimum Gasteiger partial charge on any atom is -0.324 e. The number of fused-ring (bicyclic) bond motifs is 1. The number of hydrogen-bond acceptors (Lipinski definition) is 2. The van der Waals surface area contributed by atoms with Crippen molar-refractivity contribution in [2.75, 3.05) is 11.9 Å². The third kappa shape index (κ3) is 3.86. The van der Waals surface area contributed by atoms with Gasteiger partial charge in [0.15, 0.2) is 0 Å². The predicted octanol–water partition coefficient (Wildman–Crippen LogP) is 5.49. The van der Waals surface area contributed by atoms with E-state index in [1.54, 1.807) is 17.0 Å². The van der Waals surface area contributed by atoms with Crippen molar-refractivity contribution in [1.82, 2.24) is 4.90 Å². The van der Waals surface area contributed by atoms with Crippen molar-refractivity contribution in [3.05, 3.63) is 99.0 Å². The van der Waals surface area contributed by atoms with E-state index in [9.17, 15) is 9.59 Å². The molecule has 6 heteroatoms. The summed E-state index contributed by atoms with van der Waals surface area (Å²) in [4.78, 5) is 27.7. The van der Waals surface area contributed by atoms with Crippen LogP contribution in [0.2, 0.25) is 10.0 Å². The van der Waals surface area contributed by atoms with Crippen LogP contribution in [0.5, 0.6) is 0 Å². The summed E-state index contributed by atoms with van der Waals surface area (Å²) in [6.45, 7) is 1.89. The molecule has 0 fully saturated rings. The quantitative estimate of drug-likeness (QED) is 0.591. The van der Waals surface area contributed by atoms with E-state index in [1.165, 1.54) is 6.07 Å². The van der Waals surface area contributed by atoms with Crippen LogP contribution in [-0.2, 0) is 4.79 Å². The Hall–Kier alpha value is -2.82. The van der Waals surface area contributed by atoms with E-state index in [-0.39, 0.29) is 23.4 Å². The maximum Gasteiger partial charge on any atom is 0.256 e. The van der Waals surface area contributed by atoms with Gasteiger partial charge in [-0.1, -0.05) is 71.2 Å². The van der Waals surface area contributed by atoms with E-state index < -0.39 is 6.04 Å². The predicted molar refractivity (Wildman–Crippen MR) is 116 cm³/mol. The Morgan fingerprint density at radius 3 is 2.52 bits per heavy atom. The second kappa shape index (κ2) is 7.90. The normalized spacial score (nSPS) is 16.0. The fourth-order valence-corrected chi connectivity index (χ4v) is 4.12. The second-order valence-electron chi connectivity index (χ2n) is 7.01. The smallest absolute Gasteiger partial charge is 0.256 e. The lowest BCUT2D eigenvalue weighted by atomic mass is 9.94. The summed E-state index contributed by atoms with van der Waals surface area (Å²) in [5.41, 5.74) is 3.82. The SMILES string of the molecule is Cc1ccc2c(c1)[C@H](c1ccccc1)N(C(=O)c1ccc(Cl)cc1Cl)CC(=O)N2. The van der Waals surface area contributed by atoms with Crippen molar-refractivity contribution in [2.24, 2.45) is 0 Å². The van der Waals surface area contributed by atoms with Crippen molar-refractivity contribution >= 4 is 40.7 Å². The van der Waals surface area contributed by atoms with Gasteiger partial charge in [-0.25, -0.2) is 0 Å². The average molecular weight is 425 g/mol. The van der Waals surface area contributed by atoms with Crippen molar-refractivity contribution in [2.45, 2.75) is 13.0 Å². The molecule has 1 aliphatic rings. The van der Waals surface area contributed by atoms with Crippen LogP contribution in [-0.4, -0.2) is 23.3 Å². The molecule has 1 N–H and O–H groups in total. The van der Waals surface area contributed by atoms with Crippen LogP contribution < -0.4 is 5.32 Å². The maximum atomic E-state index is 13.5. The topological polar surface area (TPSA) is 49.4 Å². The van der Waals surface area contributed by atoms with Crippen molar-refractivity contribution in [3.63, 3.8) is 0 Å².